The first-order valence-electron chi connectivity index (χ1n) is 7.09. The Morgan fingerprint density at radius 3 is 2.86 bits per heavy atom. The van der Waals surface area contributed by atoms with Crippen molar-refractivity contribution in [1.29, 1.82) is 0 Å². The molecule has 3 N–H and O–H groups in total. The van der Waals surface area contributed by atoms with Crippen molar-refractivity contribution in [2.75, 3.05) is 11.9 Å². The fourth-order valence-corrected chi connectivity index (χ4v) is 2.65. The molecular formula is C17H16N2O3. The van der Waals surface area contributed by atoms with Gasteiger partial charge in [0.15, 0.2) is 0 Å². The van der Waals surface area contributed by atoms with Crippen LogP contribution in [0, 0.1) is 0 Å². The van der Waals surface area contributed by atoms with Crippen LogP contribution in [-0.4, -0.2) is 23.5 Å². The van der Waals surface area contributed by atoms with Gasteiger partial charge in [0.2, 0.25) is 5.91 Å². The number of fused-ring (bicyclic) bond motifs is 1. The first-order chi connectivity index (χ1) is 10.6. The van der Waals surface area contributed by atoms with Crippen molar-refractivity contribution in [3.8, 4) is 5.75 Å². The average molecular weight is 296 g/mol. The van der Waals surface area contributed by atoms with Crippen molar-refractivity contribution in [3.63, 3.8) is 0 Å². The summed E-state index contributed by atoms with van der Waals surface area (Å²) < 4.78 is 0. The molecule has 0 bridgehead atoms. The van der Waals surface area contributed by atoms with Gasteiger partial charge in [0.05, 0.1) is 0 Å². The summed E-state index contributed by atoms with van der Waals surface area (Å²) in [5.74, 6) is -0.309. The van der Waals surface area contributed by atoms with Gasteiger partial charge in [-0.2, -0.15) is 0 Å². The number of amides is 2. The minimum Gasteiger partial charge on any atom is -0.508 e. The number of nitrogens with one attached hydrogen (secondary N) is 2. The summed E-state index contributed by atoms with van der Waals surface area (Å²) in [6, 6.07) is 13.8. The van der Waals surface area contributed by atoms with Crippen LogP contribution in [0.1, 0.15) is 28.3 Å². The standard InChI is InChI=1S/C17H16N2O3/c20-13-5-3-4-11(8-13)17(22)18-10-12-9-16(21)19-15-7-2-1-6-14(12)15/h1-8,12,20H,9-10H2,(H,18,22)(H,19,21)/t12-/m0/s1. The number of phenols is 1. The first kappa shape index (κ1) is 14.1. The highest BCUT2D eigenvalue weighted by Crippen LogP contribution is 2.31. The molecule has 1 atom stereocenters. The van der Waals surface area contributed by atoms with Crippen molar-refractivity contribution >= 4 is 17.5 Å². The van der Waals surface area contributed by atoms with E-state index >= 15 is 0 Å². The van der Waals surface area contributed by atoms with Gasteiger partial charge in [0.25, 0.3) is 5.91 Å². The van der Waals surface area contributed by atoms with Crippen LogP contribution >= 0.6 is 0 Å². The number of hydrogen-bond acceptors (Lipinski definition) is 3. The van der Waals surface area contributed by atoms with E-state index in [0.717, 1.165) is 11.3 Å². The monoisotopic (exact) mass is 296 g/mol. The molecule has 1 aliphatic heterocycles. The topological polar surface area (TPSA) is 78.4 Å². The lowest BCUT2D eigenvalue weighted by Crippen LogP contribution is -2.33. The Morgan fingerprint density at radius 2 is 2.05 bits per heavy atom. The SMILES string of the molecule is O=C1C[C@@H](CNC(=O)c2cccc(O)c2)c2ccccc2N1. The second kappa shape index (κ2) is 5.89. The number of rotatable bonds is 3. The number of anilines is 1. The van der Waals surface area contributed by atoms with Crippen molar-refractivity contribution < 1.29 is 14.7 Å². The van der Waals surface area contributed by atoms with Crippen LogP contribution in [0.15, 0.2) is 48.5 Å². The van der Waals surface area contributed by atoms with Gasteiger partial charge in [0.1, 0.15) is 5.75 Å². The molecule has 0 radical (unpaired) electrons. The fraction of sp³-hybridized carbons (Fsp3) is 0.176. The van der Waals surface area contributed by atoms with E-state index in [-0.39, 0.29) is 23.5 Å². The Hall–Kier alpha value is -2.82. The molecule has 3 rings (SSSR count). The second-order valence-corrected chi connectivity index (χ2v) is 5.30. The molecule has 0 spiro atoms. The Bertz CT molecular complexity index is 727. The number of para-hydroxylation sites is 1. The second-order valence-electron chi connectivity index (χ2n) is 5.30. The van der Waals surface area contributed by atoms with Gasteiger partial charge in [-0.15, -0.1) is 0 Å². The quantitative estimate of drug-likeness (QED) is 0.813. The lowest BCUT2D eigenvalue weighted by Gasteiger charge is -2.25. The van der Waals surface area contributed by atoms with Gasteiger partial charge in [-0.25, -0.2) is 0 Å². The van der Waals surface area contributed by atoms with Crippen LogP contribution < -0.4 is 10.6 Å². The molecule has 0 aliphatic carbocycles. The van der Waals surface area contributed by atoms with E-state index < -0.39 is 0 Å². The minimum absolute atomic E-state index is 0.0460. The van der Waals surface area contributed by atoms with E-state index in [1.165, 1.54) is 12.1 Å². The lowest BCUT2D eigenvalue weighted by atomic mass is 9.90. The van der Waals surface area contributed by atoms with Crippen LogP contribution in [-0.2, 0) is 4.79 Å². The third-order valence-corrected chi connectivity index (χ3v) is 3.72. The summed E-state index contributed by atoms with van der Waals surface area (Å²) in [4.78, 5) is 23.8. The third kappa shape index (κ3) is 2.93. The molecule has 0 aromatic heterocycles. The molecule has 2 amide bonds. The van der Waals surface area contributed by atoms with E-state index in [1.807, 2.05) is 24.3 Å². The van der Waals surface area contributed by atoms with Crippen LogP contribution in [0.5, 0.6) is 5.75 Å². The Balaban J connectivity index is 1.71. The van der Waals surface area contributed by atoms with Gasteiger partial charge in [0, 0.05) is 30.1 Å². The zero-order valence-corrected chi connectivity index (χ0v) is 11.9. The highest BCUT2D eigenvalue weighted by molar-refractivity contribution is 5.96. The van der Waals surface area contributed by atoms with Crippen LogP contribution in [0.4, 0.5) is 5.69 Å². The van der Waals surface area contributed by atoms with Gasteiger partial charge in [-0.05, 0) is 29.8 Å². The number of phenolic OH excluding ortho intramolecular Hbond substituents is 1. The molecule has 5 heteroatoms. The molecule has 22 heavy (non-hydrogen) atoms. The Kier molecular flexibility index (Phi) is 3.78. The van der Waals surface area contributed by atoms with E-state index in [1.54, 1.807) is 12.1 Å². The van der Waals surface area contributed by atoms with Crippen molar-refractivity contribution in [2.24, 2.45) is 0 Å². The molecule has 2 aromatic rings. The van der Waals surface area contributed by atoms with Crippen molar-refractivity contribution in [1.82, 2.24) is 5.32 Å². The first-order valence-corrected chi connectivity index (χ1v) is 7.09. The molecule has 0 unspecified atom stereocenters. The summed E-state index contributed by atoms with van der Waals surface area (Å²) in [5, 5.41) is 15.1. The van der Waals surface area contributed by atoms with Gasteiger partial charge >= 0.3 is 0 Å². The smallest absolute Gasteiger partial charge is 0.251 e. The Morgan fingerprint density at radius 1 is 1.23 bits per heavy atom. The molecule has 0 saturated heterocycles. The lowest BCUT2D eigenvalue weighted by molar-refractivity contribution is -0.116. The number of aromatic hydroxyl groups is 1. The molecular weight excluding hydrogens is 280 g/mol. The largest absolute Gasteiger partial charge is 0.508 e. The number of carbonyl (C=O) groups excluding carboxylic acids is 2. The van der Waals surface area contributed by atoms with E-state index in [2.05, 4.69) is 10.6 Å². The minimum atomic E-state index is -0.264. The summed E-state index contributed by atoms with van der Waals surface area (Å²) in [5.41, 5.74) is 2.22. The van der Waals surface area contributed by atoms with Crippen molar-refractivity contribution in [3.05, 3.63) is 59.7 Å². The highest BCUT2D eigenvalue weighted by atomic mass is 16.3. The number of carbonyl (C=O) groups is 2. The summed E-state index contributed by atoms with van der Waals surface area (Å²) >= 11 is 0. The van der Waals surface area contributed by atoms with E-state index in [0.29, 0.717) is 18.5 Å². The zero-order chi connectivity index (χ0) is 15.5. The normalized spacial score (nSPS) is 16.5. The van der Waals surface area contributed by atoms with Gasteiger partial charge in [-0.3, -0.25) is 9.59 Å². The van der Waals surface area contributed by atoms with Crippen molar-refractivity contribution in [2.45, 2.75) is 12.3 Å². The van der Waals surface area contributed by atoms with Crippen LogP contribution in [0.3, 0.4) is 0 Å². The molecule has 2 aromatic carbocycles. The van der Waals surface area contributed by atoms with E-state index in [4.69, 9.17) is 0 Å². The maximum Gasteiger partial charge on any atom is 0.251 e. The molecule has 1 heterocycles. The molecule has 112 valence electrons. The highest BCUT2D eigenvalue weighted by Gasteiger charge is 2.25. The molecule has 0 fully saturated rings. The summed E-state index contributed by atoms with van der Waals surface area (Å²) in [6.07, 6.45) is 0.345. The number of hydrogen-bond donors (Lipinski definition) is 3. The number of benzene rings is 2. The summed E-state index contributed by atoms with van der Waals surface area (Å²) in [7, 11) is 0. The van der Waals surface area contributed by atoms with Crippen LogP contribution in [0.25, 0.3) is 0 Å². The average Bonchev–Trinajstić information content (AvgIpc) is 2.52. The zero-order valence-electron chi connectivity index (χ0n) is 11.9. The molecule has 0 saturated carbocycles. The van der Waals surface area contributed by atoms with Gasteiger partial charge in [-0.1, -0.05) is 24.3 Å². The summed E-state index contributed by atoms with van der Waals surface area (Å²) in [6.45, 7) is 0.374. The van der Waals surface area contributed by atoms with Gasteiger partial charge < -0.3 is 15.7 Å². The predicted octanol–water partition coefficient (Wildman–Crippen LogP) is 2.25. The molecule has 1 aliphatic rings. The molecule has 5 nitrogen and oxygen atoms in total. The predicted molar refractivity (Wildman–Crippen MR) is 82.9 cm³/mol. The Labute approximate surface area is 128 Å². The maximum atomic E-state index is 12.1. The van der Waals surface area contributed by atoms with E-state index in [9.17, 15) is 14.7 Å². The van der Waals surface area contributed by atoms with Crippen LogP contribution in [0.2, 0.25) is 0 Å². The fourth-order valence-electron chi connectivity index (χ4n) is 2.65. The maximum absolute atomic E-state index is 12.1. The third-order valence-electron chi connectivity index (χ3n) is 3.72.